The van der Waals surface area contributed by atoms with Crippen molar-refractivity contribution >= 4 is 35.1 Å². The first-order chi connectivity index (χ1) is 20.2. The fourth-order valence-electron chi connectivity index (χ4n) is 5.33. The van der Waals surface area contributed by atoms with Crippen molar-refractivity contribution in [2.24, 2.45) is 0 Å². The number of amidine groups is 1. The number of rotatable bonds is 6. The van der Waals surface area contributed by atoms with Crippen LogP contribution in [0.15, 0.2) is 60.8 Å². The first kappa shape index (κ1) is 29.2. The molecule has 0 atom stereocenters. The van der Waals surface area contributed by atoms with Crippen molar-refractivity contribution in [1.82, 2.24) is 14.9 Å². The molecule has 222 valence electrons. The molecule has 2 fully saturated rings. The predicted octanol–water partition coefficient (Wildman–Crippen LogP) is 6.40. The molecule has 1 saturated carbocycles. The molecule has 10 heteroatoms. The van der Waals surface area contributed by atoms with Gasteiger partial charge in [-0.1, -0.05) is 37.5 Å². The summed E-state index contributed by atoms with van der Waals surface area (Å²) in [6.07, 6.45) is 7.92. The molecule has 0 spiro atoms. The maximum atomic E-state index is 12.9. The third-order valence-electron chi connectivity index (χ3n) is 7.41. The molecule has 1 aliphatic heterocycles. The molecular formula is C32H42N8O2. The highest BCUT2D eigenvalue weighted by Crippen LogP contribution is 2.29. The zero-order chi connectivity index (χ0) is 29.5. The summed E-state index contributed by atoms with van der Waals surface area (Å²) in [6, 6.07) is 17.5. The lowest BCUT2D eigenvalue weighted by Gasteiger charge is -2.37. The van der Waals surface area contributed by atoms with E-state index in [1.165, 1.54) is 19.3 Å². The SMILES string of the molecule is CC(C)(C)OC(=N)N1CCN(c2cc(NC(=O)Nc3ccccc3)cc(-c3ccnc(NC4CCCCC4)c3)n2)CC1. The van der Waals surface area contributed by atoms with Gasteiger partial charge in [0.05, 0.1) is 5.69 Å². The first-order valence-corrected chi connectivity index (χ1v) is 14.9. The summed E-state index contributed by atoms with van der Waals surface area (Å²) >= 11 is 0. The van der Waals surface area contributed by atoms with Gasteiger partial charge in [0.15, 0.2) is 0 Å². The summed E-state index contributed by atoms with van der Waals surface area (Å²) in [7, 11) is 0. The van der Waals surface area contributed by atoms with Crippen LogP contribution in [0.5, 0.6) is 0 Å². The van der Waals surface area contributed by atoms with Gasteiger partial charge >= 0.3 is 6.03 Å². The molecule has 3 aromatic rings. The number of nitrogens with one attached hydrogen (secondary N) is 4. The molecule has 0 unspecified atom stereocenters. The number of urea groups is 1. The van der Waals surface area contributed by atoms with E-state index in [1.807, 2.05) is 86.5 Å². The Balaban J connectivity index is 1.36. The molecule has 42 heavy (non-hydrogen) atoms. The Bertz CT molecular complexity index is 1360. The number of aromatic nitrogens is 2. The number of nitrogens with zero attached hydrogens (tertiary/aromatic N) is 4. The first-order valence-electron chi connectivity index (χ1n) is 14.9. The van der Waals surface area contributed by atoms with Crippen LogP contribution < -0.4 is 20.9 Å². The Morgan fingerprint density at radius 2 is 1.64 bits per heavy atom. The summed E-state index contributed by atoms with van der Waals surface area (Å²) in [5.41, 5.74) is 2.63. The Labute approximate surface area is 248 Å². The van der Waals surface area contributed by atoms with E-state index in [-0.39, 0.29) is 12.1 Å². The third kappa shape index (κ3) is 8.11. The number of ether oxygens (including phenoxy) is 1. The van der Waals surface area contributed by atoms with Gasteiger partial charge in [0.2, 0.25) is 0 Å². The number of benzene rings is 1. The molecule has 1 aliphatic carbocycles. The standard InChI is InChI=1S/C32H42N8O2/c1-32(2,3)42-30(33)40-18-16-39(17-19-40)29-22-26(37-31(41)36-25-12-8-5-9-13-25)21-27(38-29)23-14-15-34-28(20-23)35-24-10-6-4-7-11-24/h5,8-9,12-15,20-22,24,33H,4,6-7,10-11,16-19H2,1-3H3,(H,34,35)(H2,36,37,38,41). The zero-order valence-corrected chi connectivity index (χ0v) is 24.8. The van der Waals surface area contributed by atoms with Gasteiger partial charge in [-0.2, -0.15) is 0 Å². The lowest BCUT2D eigenvalue weighted by molar-refractivity contribution is 0.0835. The van der Waals surface area contributed by atoms with Crippen molar-refractivity contribution in [3.63, 3.8) is 0 Å². The molecule has 4 N–H and O–H groups in total. The molecule has 10 nitrogen and oxygen atoms in total. The molecule has 5 rings (SSSR count). The second-order valence-electron chi connectivity index (χ2n) is 11.9. The fraction of sp³-hybridized carbons (Fsp3) is 0.438. The lowest BCUT2D eigenvalue weighted by Crippen LogP contribution is -2.50. The number of para-hydroxylation sites is 1. The number of carbonyl (C=O) groups is 1. The molecule has 2 aromatic heterocycles. The number of anilines is 4. The minimum absolute atomic E-state index is 0.193. The summed E-state index contributed by atoms with van der Waals surface area (Å²) < 4.78 is 5.78. The fourth-order valence-corrected chi connectivity index (χ4v) is 5.33. The maximum absolute atomic E-state index is 12.9. The van der Waals surface area contributed by atoms with E-state index >= 15 is 0 Å². The molecule has 0 bridgehead atoms. The quantitative estimate of drug-likeness (QED) is 0.200. The third-order valence-corrected chi connectivity index (χ3v) is 7.41. The van der Waals surface area contributed by atoms with Gasteiger partial charge in [0, 0.05) is 61.4 Å². The van der Waals surface area contributed by atoms with E-state index in [2.05, 4.69) is 25.8 Å². The Morgan fingerprint density at radius 1 is 0.929 bits per heavy atom. The van der Waals surface area contributed by atoms with Crippen LogP contribution >= 0.6 is 0 Å². The summed E-state index contributed by atoms with van der Waals surface area (Å²) in [4.78, 5) is 26.6. The normalized spacial score (nSPS) is 16.1. The van der Waals surface area contributed by atoms with Crippen LogP contribution in [0.25, 0.3) is 11.3 Å². The molecule has 2 amide bonds. The van der Waals surface area contributed by atoms with Crippen molar-refractivity contribution in [3.8, 4) is 11.3 Å². The molecule has 3 heterocycles. The Hall–Kier alpha value is -4.34. The topological polar surface area (TPSA) is 118 Å². The van der Waals surface area contributed by atoms with Gasteiger partial charge in [-0.15, -0.1) is 0 Å². The monoisotopic (exact) mass is 570 g/mol. The average Bonchev–Trinajstić information content (AvgIpc) is 2.97. The van der Waals surface area contributed by atoms with E-state index in [9.17, 15) is 4.79 Å². The second-order valence-corrected chi connectivity index (χ2v) is 11.9. The van der Waals surface area contributed by atoms with Crippen molar-refractivity contribution in [3.05, 3.63) is 60.8 Å². The van der Waals surface area contributed by atoms with Crippen LogP contribution in [0.2, 0.25) is 0 Å². The number of carbonyl (C=O) groups excluding carboxylic acids is 1. The van der Waals surface area contributed by atoms with Crippen LogP contribution in [0.3, 0.4) is 0 Å². The van der Waals surface area contributed by atoms with E-state index < -0.39 is 5.60 Å². The molecule has 1 saturated heterocycles. The largest absolute Gasteiger partial charge is 0.460 e. The van der Waals surface area contributed by atoms with Gasteiger partial charge in [-0.05, 0) is 63.9 Å². The zero-order valence-electron chi connectivity index (χ0n) is 24.8. The van der Waals surface area contributed by atoms with Crippen molar-refractivity contribution in [2.45, 2.75) is 64.5 Å². The van der Waals surface area contributed by atoms with Crippen molar-refractivity contribution < 1.29 is 9.53 Å². The summed E-state index contributed by atoms with van der Waals surface area (Å²) in [5.74, 6) is 1.61. The van der Waals surface area contributed by atoms with E-state index in [4.69, 9.17) is 15.1 Å². The van der Waals surface area contributed by atoms with E-state index in [0.717, 1.165) is 35.7 Å². The maximum Gasteiger partial charge on any atom is 0.323 e. The molecule has 2 aliphatic rings. The minimum atomic E-state index is -0.416. The lowest BCUT2D eigenvalue weighted by atomic mass is 9.95. The van der Waals surface area contributed by atoms with Gasteiger partial charge in [0.25, 0.3) is 6.02 Å². The van der Waals surface area contributed by atoms with Crippen LogP contribution in [-0.4, -0.2) is 64.7 Å². The van der Waals surface area contributed by atoms with E-state index in [0.29, 0.717) is 43.6 Å². The minimum Gasteiger partial charge on any atom is -0.460 e. The predicted molar refractivity (Wildman–Crippen MR) is 169 cm³/mol. The second kappa shape index (κ2) is 13.1. The highest BCUT2D eigenvalue weighted by atomic mass is 16.5. The molecule has 0 radical (unpaired) electrons. The van der Waals surface area contributed by atoms with Gasteiger partial charge < -0.3 is 30.5 Å². The number of amides is 2. The Morgan fingerprint density at radius 3 is 2.36 bits per heavy atom. The van der Waals surface area contributed by atoms with Crippen LogP contribution in [0.1, 0.15) is 52.9 Å². The summed E-state index contributed by atoms with van der Waals surface area (Å²) in [5, 5.41) is 17.9. The van der Waals surface area contributed by atoms with Gasteiger partial charge in [-0.25, -0.2) is 14.8 Å². The Kier molecular flexibility index (Phi) is 9.09. The highest BCUT2D eigenvalue weighted by Gasteiger charge is 2.25. The number of pyridine rings is 2. The average molecular weight is 571 g/mol. The van der Waals surface area contributed by atoms with Gasteiger partial charge in [-0.3, -0.25) is 5.41 Å². The smallest absolute Gasteiger partial charge is 0.323 e. The van der Waals surface area contributed by atoms with Crippen molar-refractivity contribution in [1.29, 1.82) is 5.41 Å². The summed E-state index contributed by atoms with van der Waals surface area (Å²) in [6.45, 7) is 8.48. The van der Waals surface area contributed by atoms with E-state index in [1.54, 1.807) is 0 Å². The number of hydrogen-bond acceptors (Lipinski definition) is 7. The van der Waals surface area contributed by atoms with Gasteiger partial charge in [0.1, 0.15) is 17.2 Å². The van der Waals surface area contributed by atoms with Crippen LogP contribution in [0.4, 0.5) is 27.8 Å². The van der Waals surface area contributed by atoms with Crippen LogP contribution in [0, 0.1) is 5.41 Å². The molecular weight excluding hydrogens is 528 g/mol. The molecule has 1 aromatic carbocycles. The number of piperazine rings is 1. The number of hydrogen-bond donors (Lipinski definition) is 4. The van der Waals surface area contributed by atoms with Crippen LogP contribution in [-0.2, 0) is 4.74 Å². The van der Waals surface area contributed by atoms with Crippen molar-refractivity contribution in [2.75, 3.05) is 47.0 Å². The highest BCUT2D eigenvalue weighted by molar-refractivity contribution is 6.00.